The Labute approximate surface area is 202 Å². The maximum absolute atomic E-state index is 12.5. The van der Waals surface area contributed by atoms with Crippen LogP contribution in [0.3, 0.4) is 0 Å². The molecule has 3 aromatic carbocycles. The Morgan fingerprint density at radius 1 is 0.971 bits per heavy atom. The average molecular weight is 473 g/mol. The minimum atomic E-state index is -0.357. The molecule has 178 valence electrons. The second-order valence-electron chi connectivity index (χ2n) is 7.35. The lowest BCUT2D eigenvalue weighted by atomic mass is 10.1. The molecule has 0 aliphatic rings. The Bertz CT molecular complexity index is 1290. The Kier molecular flexibility index (Phi) is 7.31. The van der Waals surface area contributed by atoms with Crippen LogP contribution in [-0.4, -0.2) is 53.7 Å². The number of carbonyl (C=O) groups excluding carboxylic acids is 1. The molecule has 0 fully saturated rings. The molecule has 0 saturated carbocycles. The van der Waals surface area contributed by atoms with Crippen molar-refractivity contribution in [1.82, 2.24) is 25.6 Å². The fourth-order valence-corrected chi connectivity index (χ4v) is 3.32. The zero-order valence-corrected chi connectivity index (χ0v) is 19.5. The normalized spacial score (nSPS) is 10.8. The van der Waals surface area contributed by atoms with E-state index in [1.807, 2.05) is 42.5 Å². The summed E-state index contributed by atoms with van der Waals surface area (Å²) in [5.41, 5.74) is 5.37. The molecule has 0 saturated heterocycles. The lowest BCUT2D eigenvalue weighted by molar-refractivity contribution is 0.0955. The van der Waals surface area contributed by atoms with Gasteiger partial charge in [-0.05, 0) is 22.9 Å². The average Bonchev–Trinajstić information content (AvgIpc) is 3.37. The molecule has 10 heteroatoms. The van der Waals surface area contributed by atoms with Gasteiger partial charge in [0.1, 0.15) is 17.2 Å². The molecule has 4 aromatic rings. The van der Waals surface area contributed by atoms with Gasteiger partial charge in [-0.2, -0.15) is 9.90 Å². The molecule has 1 amide bonds. The standard InChI is InChI=1S/C25H24N6O4/c1-33-20-13-22(34-2)21(23(14-20)35-3)15-26-28-25(32)19-11-9-17(10-12-19)16-31-29-24(27-30-31)18-7-5-4-6-8-18/h4-15H,16H2,1-3H3,(H,28,32)/b26-15+. The fourth-order valence-electron chi connectivity index (χ4n) is 3.32. The molecule has 0 unspecified atom stereocenters. The minimum absolute atomic E-state index is 0.357. The van der Waals surface area contributed by atoms with E-state index in [0.717, 1.165) is 11.1 Å². The highest BCUT2D eigenvalue weighted by Crippen LogP contribution is 2.32. The van der Waals surface area contributed by atoms with Gasteiger partial charge >= 0.3 is 0 Å². The summed E-state index contributed by atoms with van der Waals surface area (Å²) in [4.78, 5) is 14.0. The maximum atomic E-state index is 12.5. The number of methoxy groups -OCH3 is 3. The second-order valence-corrected chi connectivity index (χ2v) is 7.35. The van der Waals surface area contributed by atoms with Crippen LogP contribution in [0.5, 0.6) is 17.2 Å². The third kappa shape index (κ3) is 5.61. The quantitative estimate of drug-likeness (QED) is 0.294. The summed E-state index contributed by atoms with van der Waals surface area (Å²) in [7, 11) is 4.61. The molecular formula is C25H24N6O4. The number of nitrogens with one attached hydrogen (secondary N) is 1. The van der Waals surface area contributed by atoms with Gasteiger partial charge in [-0.1, -0.05) is 42.5 Å². The lowest BCUT2D eigenvalue weighted by Crippen LogP contribution is -2.17. The van der Waals surface area contributed by atoms with E-state index in [1.54, 1.807) is 31.4 Å². The van der Waals surface area contributed by atoms with Crippen LogP contribution in [0.2, 0.25) is 0 Å². The summed E-state index contributed by atoms with van der Waals surface area (Å²) in [5.74, 6) is 1.79. The lowest BCUT2D eigenvalue weighted by Gasteiger charge is -2.12. The van der Waals surface area contributed by atoms with Gasteiger partial charge in [-0.15, -0.1) is 10.2 Å². The minimum Gasteiger partial charge on any atom is -0.496 e. The van der Waals surface area contributed by atoms with Gasteiger partial charge in [0.05, 0.1) is 39.7 Å². The van der Waals surface area contributed by atoms with Crippen molar-refractivity contribution in [3.05, 3.63) is 83.4 Å². The number of hydrogen-bond donors (Lipinski definition) is 1. The van der Waals surface area contributed by atoms with Crippen molar-refractivity contribution < 1.29 is 19.0 Å². The van der Waals surface area contributed by atoms with Crippen molar-refractivity contribution in [2.75, 3.05) is 21.3 Å². The van der Waals surface area contributed by atoms with E-state index in [9.17, 15) is 4.79 Å². The number of carbonyl (C=O) groups is 1. The van der Waals surface area contributed by atoms with Crippen LogP contribution in [0.4, 0.5) is 0 Å². The number of tetrazole rings is 1. The van der Waals surface area contributed by atoms with E-state index in [2.05, 4.69) is 25.9 Å². The van der Waals surface area contributed by atoms with Gasteiger partial charge in [-0.25, -0.2) is 5.43 Å². The molecule has 0 radical (unpaired) electrons. The molecule has 0 atom stereocenters. The highest BCUT2D eigenvalue weighted by molar-refractivity contribution is 5.95. The molecule has 10 nitrogen and oxygen atoms in total. The van der Waals surface area contributed by atoms with Crippen LogP contribution in [-0.2, 0) is 6.54 Å². The maximum Gasteiger partial charge on any atom is 0.271 e. The largest absolute Gasteiger partial charge is 0.496 e. The Balaban J connectivity index is 1.39. The second kappa shape index (κ2) is 10.9. The Morgan fingerprint density at radius 3 is 2.29 bits per heavy atom. The number of ether oxygens (including phenoxy) is 3. The van der Waals surface area contributed by atoms with Crippen molar-refractivity contribution in [2.24, 2.45) is 5.10 Å². The summed E-state index contributed by atoms with van der Waals surface area (Å²) in [5, 5.41) is 16.7. The number of aromatic nitrogens is 4. The van der Waals surface area contributed by atoms with Crippen molar-refractivity contribution >= 4 is 12.1 Å². The first-order valence-corrected chi connectivity index (χ1v) is 10.7. The molecule has 0 spiro atoms. The first kappa shape index (κ1) is 23.4. The van der Waals surface area contributed by atoms with Crippen molar-refractivity contribution in [3.63, 3.8) is 0 Å². The molecule has 35 heavy (non-hydrogen) atoms. The third-order valence-corrected chi connectivity index (χ3v) is 5.14. The molecule has 1 N–H and O–H groups in total. The van der Waals surface area contributed by atoms with Crippen molar-refractivity contribution in [1.29, 1.82) is 0 Å². The van der Waals surface area contributed by atoms with E-state index < -0.39 is 0 Å². The number of hydrogen-bond acceptors (Lipinski definition) is 8. The van der Waals surface area contributed by atoms with Crippen LogP contribution in [0, 0.1) is 0 Å². The van der Waals surface area contributed by atoms with E-state index in [-0.39, 0.29) is 5.91 Å². The zero-order valence-electron chi connectivity index (χ0n) is 19.5. The van der Waals surface area contributed by atoms with Crippen molar-refractivity contribution in [2.45, 2.75) is 6.54 Å². The number of amides is 1. The SMILES string of the molecule is COc1cc(OC)c(/C=N/NC(=O)c2ccc(Cn3nnc(-c4ccccc4)n3)cc2)c(OC)c1. The highest BCUT2D eigenvalue weighted by Gasteiger charge is 2.12. The summed E-state index contributed by atoms with van der Waals surface area (Å²) in [6.45, 7) is 0.428. The summed E-state index contributed by atoms with van der Waals surface area (Å²) < 4.78 is 16.0. The Hall–Kier alpha value is -4.73. The van der Waals surface area contributed by atoms with Gasteiger partial charge < -0.3 is 14.2 Å². The summed E-state index contributed by atoms with van der Waals surface area (Å²) >= 11 is 0. The molecule has 4 rings (SSSR count). The molecular weight excluding hydrogens is 448 g/mol. The van der Waals surface area contributed by atoms with Gasteiger partial charge in [0, 0.05) is 23.3 Å². The number of hydrazone groups is 1. The molecule has 0 aliphatic carbocycles. The zero-order chi connectivity index (χ0) is 24.6. The van der Waals surface area contributed by atoms with Gasteiger partial charge in [0.15, 0.2) is 0 Å². The highest BCUT2D eigenvalue weighted by atomic mass is 16.5. The van der Waals surface area contributed by atoms with E-state index >= 15 is 0 Å². The van der Waals surface area contributed by atoms with E-state index in [0.29, 0.717) is 40.7 Å². The number of rotatable bonds is 9. The number of nitrogens with zero attached hydrogens (tertiary/aromatic N) is 5. The smallest absolute Gasteiger partial charge is 0.271 e. The van der Waals surface area contributed by atoms with Crippen molar-refractivity contribution in [3.8, 4) is 28.6 Å². The van der Waals surface area contributed by atoms with Crippen LogP contribution in [0.15, 0.2) is 71.8 Å². The topological polar surface area (TPSA) is 113 Å². The van der Waals surface area contributed by atoms with Crippen LogP contribution >= 0.6 is 0 Å². The van der Waals surface area contributed by atoms with Gasteiger partial charge in [-0.3, -0.25) is 4.79 Å². The molecule has 0 aliphatic heterocycles. The van der Waals surface area contributed by atoms with Crippen LogP contribution in [0.1, 0.15) is 21.5 Å². The predicted octanol–water partition coefficient (Wildman–Crippen LogP) is 3.18. The third-order valence-electron chi connectivity index (χ3n) is 5.14. The molecule has 1 heterocycles. The first-order chi connectivity index (χ1) is 17.1. The van der Waals surface area contributed by atoms with E-state index in [1.165, 1.54) is 25.2 Å². The van der Waals surface area contributed by atoms with E-state index in [4.69, 9.17) is 14.2 Å². The van der Waals surface area contributed by atoms with Crippen LogP contribution < -0.4 is 19.6 Å². The van der Waals surface area contributed by atoms with Crippen LogP contribution in [0.25, 0.3) is 11.4 Å². The molecule has 1 aromatic heterocycles. The van der Waals surface area contributed by atoms with Gasteiger partial charge in [0.2, 0.25) is 5.82 Å². The predicted molar refractivity (Wildman–Crippen MR) is 130 cm³/mol. The molecule has 0 bridgehead atoms. The fraction of sp³-hybridized carbons (Fsp3) is 0.160. The summed E-state index contributed by atoms with van der Waals surface area (Å²) in [6, 6.07) is 20.1. The van der Waals surface area contributed by atoms with Gasteiger partial charge in [0.25, 0.3) is 5.91 Å². The summed E-state index contributed by atoms with van der Waals surface area (Å²) in [6.07, 6.45) is 1.46. The first-order valence-electron chi connectivity index (χ1n) is 10.7. The Morgan fingerprint density at radius 2 is 1.66 bits per heavy atom. The monoisotopic (exact) mass is 472 g/mol. The number of benzene rings is 3.